The van der Waals surface area contributed by atoms with Crippen molar-refractivity contribution in [1.29, 1.82) is 0 Å². The van der Waals surface area contributed by atoms with Crippen LogP contribution in [-0.2, 0) is 10.3 Å². The molecule has 6 heteroatoms. The molecule has 0 aromatic rings. The highest BCUT2D eigenvalue weighted by Gasteiger charge is 2.34. The predicted octanol–water partition coefficient (Wildman–Crippen LogP) is -0.251. The fraction of sp³-hybridized carbons (Fsp3) is 0.250. The molecule has 10 heavy (non-hydrogen) atoms. The third-order valence-corrected chi connectivity index (χ3v) is 2.45. The van der Waals surface area contributed by atoms with Gasteiger partial charge in [0.1, 0.15) is 6.20 Å². The Balaban J connectivity index is 3.14. The summed E-state index contributed by atoms with van der Waals surface area (Å²) in [7, 11) is -2.79. The molecule has 0 bridgehead atoms. The fourth-order valence-electron chi connectivity index (χ4n) is 0.517. The minimum absolute atomic E-state index is 0.674. The molecule has 0 saturated heterocycles. The molecule has 0 amide bonds. The van der Waals surface area contributed by atoms with Gasteiger partial charge in [-0.25, -0.2) is 9.55 Å². The van der Waals surface area contributed by atoms with E-state index in [2.05, 4.69) is 4.99 Å². The van der Waals surface area contributed by atoms with Gasteiger partial charge in [-0.2, -0.15) is 0 Å². The Hall–Kier alpha value is -0.720. The van der Waals surface area contributed by atoms with Gasteiger partial charge in [0.2, 0.25) is 6.34 Å². The van der Waals surface area contributed by atoms with Crippen LogP contribution in [0.25, 0.3) is 0 Å². The van der Waals surface area contributed by atoms with Crippen LogP contribution in [0.4, 0.5) is 0 Å². The zero-order valence-corrected chi connectivity index (χ0v) is 6.11. The molecule has 5 nitrogen and oxygen atoms in total. The lowest BCUT2D eigenvalue weighted by Gasteiger charge is -2.14. The quantitative estimate of drug-likeness (QED) is 0.428. The molecule has 1 heterocycles. The second-order valence-corrected chi connectivity index (χ2v) is 3.75. The number of hydrogen-bond donors (Lipinski definition) is 1. The van der Waals surface area contributed by atoms with Crippen molar-refractivity contribution in [3.05, 3.63) is 12.4 Å². The van der Waals surface area contributed by atoms with E-state index in [0.29, 0.717) is 0 Å². The summed E-state index contributed by atoms with van der Waals surface area (Å²) >= 11 is 0. The lowest BCUT2D eigenvalue weighted by Crippen LogP contribution is -2.40. The third-order valence-electron chi connectivity index (χ3n) is 1.24. The second-order valence-electron chi connectivity index (χ2n) is 2.07. The molecule has 1 aliphatic rings. The van der Waals surface area contributed by atoms with Crippen LogP contribution < -0.4 is 0 Å². The van der Waals surface area contributed by atoms with Gasteiger partial charge in [-0.1, -0.05) is 0 Å². The van der Waals surface area contributed by atoms with Crippen molar-refractivity contribution in [2.75, 3.05) is 7.05 Å². The molecule has 1 rings (SSSR count). The molecular formula is C4H7N2O3S+. The first kappa shape index (κ1) is 7.39. The van der Waals surface area contributed by atoms with E-state index in [1.54, 1.807) is 0 Å². The van der Waals surface area contributed by atoms with E-state index >= 15 is 0 Å². The Morgan fingerprint density at radius 1 is 1.60 bits per heavy atom. The first-order valence-corrected chi connectivity index (χ1v) is 3.91. The maximum atomic E-state index is 10.5. The summed E-state index contributed by atoms with van der Waals surface area (Å²) in [4.78, 5) is 3.53. The van der Waals surface area contributed by atoms with Gasteiger partial charge in [0.25, 0.3) is 0 Å². The van der Waals surface area contributed by atoms with Gasteiger partial charge >= 0.3 is 10.3 Å². The van der Waals surface area contributed by atoms with Gasteiger partial charge in [0.05, 0.1) is 13.2 Å². The van der Waals surface area contributed by atoms with Crippen molar-refractivity contribution >= 4 is 16.6 Å². The lowest BCUT2D eigenvalue weighted by molar-refractivity contribution is -0.617. The first-order chi connectivity index (χ1) is 4.46. The van der Waals surface area contributed by atoms with E-state index in [0.717, 1.165) is 6.34 Å². The van der Waals surface area contributed by atoms with Crippen molar-refractivity contribution in [3.8, 4) is 0 Å². The highest BCUT2D eigenvalue weighted by molar-refractivity contribution is 7.80. The summed E-state index contributed by atoms with van der Waals surface area (Å²) in [6, 6.07) is 0. The average Bonchev–Trinajstić information content (AvgIpc) is 2.13. The van der Waals surface area contributed by atoms with Gasteiger partial charge in [0, 0.05) is 0 Å². The Kier molecular flexibility index (Phi) is 1.39. The Bertz CT molecular complexity index is 278. The molecule has 0 fully saturated rings. The van der Waals surface area contributed by atoms with Crippen LogP contribution in [0.5, 0.6) is 0 Å². The summed E-state index contributed by atoms with van der Waals surface area (Å²) in [5.41, 5.74) is 0. The van der Waals surface area contributed by atoms with Crippen molar-refractivity contribution in [2.24, 2.45) is 4.99 Å². The summed E-state index contributed by atoms with van der Waals surface area (Å²) in [5.74, 6) is 0. The number of aliphatic imine (C=N–C) groups is 1. The third kappa shape index (κ3) is 0.962. The van der Waals surface area contributed by atoms with E-state index < -0.39 is 14.2 Å². The van der Waals surface area contributed by atoms with Crippen LogP contribution in [0.3, 0.4) is 0 Å². The van der Waals surface area contributed by atoms with Crippen molar-refractivity contribution < 1.29 is 16.9 Å². The van der Waals surface area contributed by atoms with E-state index in [1.165, 1.54) is 19.4 Å². The first-order valence-electron chi connectivity index (χ1n) is 2.51. The molecule has 0 aromatic heterocycles. The molecule has 0 aliphatic carbocycles. The summed E-state index contributed by atoms with van der Waals surface area (Å²) in [5, 5.41) is 0. The Labute approximate surface area is 58.8 Å². The lowest BCUT2D eigenvalue weighted by atomic mass is 10.8. The number of quaternary nitrogens is 1. The molecule has 1 unspecified atom stereocenters. The van der Waals surface area contributed by atoms with E-state index in [-0.39, 0.29) is 0 Å². The average molecular weight is 163 g/mol. The van der Waals surface area contributed by atoms with Gasteiger partial charge in [-0.05, 0) is 0 Å². The maximum Gasteiger partial charge on any atom is 0.442 e. The highest BCUT2D eigenvalue weighted by atomic mass is 32.2. The van der Waals surface area contributed by atoms with Gasteiger partial charge in [0.15, 0.2) is 0 Å². The SMILES string of the molecule is C[N+]1(S(=O)(=O)O)C=CN=C1. The number of rotatable bonds is 1. The Morgan fingerprint density at radius 3 is 2.40 bits per heavy atom. The van der Waals surface area contributed by atoms with Crippen molar-refractivity contribution in [3.63, 3.8) is 0 Å². The molecule has 0 radical (unpaired) electrons. The molecule has 1 N–H and O–H groups in total. The molecule has 0 spiro atoms. The smallest absolute Gasteiger partial charge is 0.241 e. The topological polar surface area (TPSA) is 66.7 Å². The van der Waals surface area contributed by atoms with Crippen molar-refractivity contribution in [2.45, 2.75) is 0 Å². The van der Waals surface area contributed by atoms with E-state index in [1.807, 2.05) is 0 Å². The number of hydrogen-bond acceptors (Lipinski definition) is 3. The molecule has 1 atom stereocenters. The van der Waals surface area contributed by atoms with Crippen LogP contribution in [0, 0.1) is 0 Å². The monoisotopic (exact) mass is 163 g/mol. The summed E-state index contributed by atoms with van der Waals surface area (Å²) < 4.78 is 29.0. The molecule has 1 aliphatic heterocycles. The van der Waals surface area contributed by atoms with E-state index in [9.17, 15) is 8.42 Å². The minimum atomic E-state index is -4.10. The van der Waals surface area contributed by atoms with E-state index in [4.69, 9.17) is 4.55 Å². The highest BCUT2D eigenvalue weighted by Crippen LogP contribution is 2.11. The molecule has 0 saturated carbocycles. The predicted molar refractivity (Wildman–Crippen MR) is 35.4 cm³/mol. The zero-order valence-electron chi connectivity index (χ0n) is 5.30. The van der Waals surface area contributed by atoms with Crippen LogP contribution in [0.1, 0.15) is 0 Å². The van der Waals surface area contributed by atoms with Crippen LogP contribution >= 0.6 is 0 Å². The normalized spacial score (nSPS) is 31.4. The second kappa shape index (κ2) is 1.88. The standard InChI is InChI=1S/C4H6N2O3S/c1-6(10(7,8)9)3-2-5-4-6/h2-4H,1H3/p+1. The minimum Gasteiger partial charge on any atom is -0.241 e. The zero-order chi connectivity index (χ0) is 7.83. The summed E-state index contributed by atoms with van der Waals surface area (Å²) in [6.45, 7) is 0. The maximum absolute atomic E-state index is 10.5. The van der Waals surface area contributed by atoms with Crippen LogP contribution in [-0.4, -0.2) is 30.2 Å². The summed E-state index contributed by atoms with van der Waals surface area (Å²) in [6.07, 6.45) is 3.69. The van der Waals surface area contributed by atoms with Gasteiger partial charge < -0.3 is 0 Å². The van der Waals surface area contributed by atoms with Gasteiger partial charge in [-0.15, -0.1) is 12.3 Å². The molecule has 56 valence electrons. The van der Waals surface area contributed by atoms with Crippen LogP contribution in [0.15, 0.2) is 17.4 Å². The molecule has 0 aromatic carbocycles. The largest absolute Gasteiger partial charge is 0.442 e. The number of nitrogens with zero attached hydrogens (tertiary/aromatic N) is 2. The van der Waals surface area contributed by atoms with Gasteiger partial charge in [-0.3, -0.25) is 0 Å². The Morgan fingerprint density at radius 2 is 2.20 bits per heavy atom. The molecular weight excluding hydrogens is 156 g/mol. The van der Waals surface area contributed by atoms with Crippen LogP contribution in [0.2, 0.25) is 0 Å². The fourth-order valence-corrected chi connectivity index (χ4v) is 0.899. The van der Waals surface area contributed by atoms with Crippen molar-refractivity contribution in [1.82, 2.24) is 0 Å².